The van der Waals surface area contributed by atoms with E-state index in [2.05, 4.69) is 27.5 Å². The van der Waals surface area contributed by atoms with Crippen molar-refractivity contribution in [2.45, 2.75) is 38.8 Å². The third kappa shape index (κ3) is 7.48. The molecule has 28 heavy (non-hydrogen) atoms. The molecule has 0 fully saturated rings. The molecule has 3 N–H and O–H groups in total. The standard InChI is InChI=1S/C21H26ClN5O/c1-2-3-7-14-25-27-19(21(28)26-18-8-5-4-6-9-18)20(23)24-15-16-10-12-17(22)13-11-16/h4-6,8-13,19H,2-3,7,14-15H2,1H3,(H2,23,24)(H,26,28)/b27-25+. The molecule has 0 saturated carbocycles. The molecule has 1 amide bonds. The molecule has 0 aromatic heterocycles. The van der Waals surface area contributed by atoms with E-state index in [1.54, 1.807) is 24.3 Å². The van der Waals surface area contributed by atoms with Gasteiger partial charge in [0.15, 0.2) is 0 Å². The lowest BCUT2D eigenvalue weighted by Crippen LogP contribution is -2.38. The minimum Gasteiger partial charge on any atom is -0.385 e. The second kappa shape index (κ2) is 11.9. The van der Waals surface area contributed by atoms with Gasteiger partial charge in [-0.1, -0.05) is 61.7 Å². The first-order valence-electron chi connectivity index (χ1n) is 9.37. The van der Waals surface area contributed by atoms with Crippen LogP contribution in [-0.4, -0.2) is 24.3 Å². The lowest BCUT2D eigenvalue weighted by Gasteiger charge is -2.12. The fraction of sp³-hybridized carbons (Fsp3) is 0.333. The second-order valence-electron chi connectivity index (χ2n) is 6.31. The molecule has 1 unspecified atom stereocenters. The van der Waals surface area contributed by atoms with Crippen molar-refractivity contribution < 1.29 is 4.79 Å². The number of carbonyl (C=O) groups excluding carboxylic acids is 1. The maximum atomic E-state index is 12.7. The van der Waals surface area contributed by atoms with Gasteiger partial charge in [-0.15, -0.1) is 0 Å². The highest BCUT2D eigenvalue weighted by atomic mass is 35.5. The molecule has 6 nitrogen and oxygen atoms in total. The summed E-state index contributed by atoms with van der Waals surface area (Å²) in [5.74, 6) is -0.231. The molecule has 2 aromatic rings. The van der Waals surface area contributed by atoms with Crippen molar-refractivity contribution in [1.82, 2.24) is 0 Å². The molecule has 0 bridgehead atoms. The largest absolute Gasteiger partial charge is 0.385 e. The maximum absolute atomic E-state index is 12.7. The third-order valence-electron chi connectivity index (χ3n) is 3.99. The summed E-state index contributed by atoms with van der Waals surface area (Å²) in [6.45, 7) is 3.02. The Kier molecular flexibility index (Phi) is 9.15. The van der Waals surface area contributed by atoms with E-state index in [4.69, 9.17) is 17.3 Å². The van der Waals surface area contributed by atoms with E-state index in [1.165, 1.54) is 0 Å². The molecular weight excluding hydrogens is 374 g/mol. The Hall–Kier alpha value is -2.73. The molecule has 2 aromatic carbocycles. The van der Waals surface area contributed by atoms with E-state index in [9.17, 15) is 4.79 Å². The third-order valence-corrected chi connectivity index (χ3v) is 4.24. The number of unbranched alkanes of at least 4 members (excludes halogenated alkanes) is 2. The summed E-state index contributed by atoms with van der Waals surface area (Å²) >= 11 is 5.90. The predicted octanol–water partition coefficient (Wildman–Crippen LogP) is 4.85. The molecule has 0 heterocycles. The number of carbonyl (C=O) groups is 1. The van der Waals surface area contributed by atoms with Crippen LogP contribution in [0.5, 0.6) is 0 Å². The van der Waals surface area contributed by atoms with E-state index < -0.39 is 6.04 Å². The number of nitrogens with one attached hydrogen (secondary N) is 1. The smallest absolute Gasteiger partial charge is 0.258 e. The molecule has 7 heteroatoms. The van der Waals surface area contributed by atoms with E-state index >= 15 is 0 Å². The lowest BCUT2D eigenvalue weighted by atomic mass is 10.2. The average molecular weight is 400 g/mol. The number of nitrogens with two attached hydrogens (primary N) is 1. The Balaban J connectivity index is 2.09. The van der Waals surface area contributed by atoms with Gasteiger partial charge in [0.1, 0.15) is 5.84 Å². The quantitative estimate of drug-likeness (QED) is 0.259. The monoisotopic (exact) mass is 399 g/mol. The summed E-state index contributed by atoms with van der Waals surface area (Å²) in [6.07, 6.45) is 3.09. The lowest BCUT2D eigenvalue weighted by molar-refractivity contribution is -0.116. The number of rotatable bonds is 10. The van der Waals surface area contributed by atoms with Gasteiger partial charge in [-0.25, -0.2) is 0 Å². The molecule has 0 spiro atoms. The van der Waals surface area contributed by atoms with Gasteiger partial charge >= 0.3 is 0 Å². The van der Waals surface area contributed by atoms with Crippen molar-refractivity contribution in [2.24, 2.45) is 21.0 Å². The zero-order valence-electron chi connectivity index (χ0n) is 16.0. The van der Waals surface area contributed by atoms with E-state index in [1.807, 2.05) is 30.3 Å². The second-order valence-corrected chi connectivity index (χ2v) is 6.75. The number of hydrogen-bond donors (Lipinski definition) is 2. The van der Waals surface area contributed by atoms with Crippen LogP contribution in [0.25, 0.3) is 0 Å². The first kappa shape index (κ1) is 21.6. The fourth-order valence-corrected chi connectivity index (χ4v) is 2.53. The van der Waals surface area contributed by atoms with Gasteiger partial charge in [0.2, 0.25) is 6.04 Å². The summed E-state index contributed by atoms with van der Waals surface area (Å²) in [6, 6.07) is 15.5. The van der Waals surface area contributed by atoms with Crippen LogP contribution in [0, 0.1) is 0 Å². The molecule has 0 aliphatic heterocycles. The van der Waals surface area contributed by atoms with Crippen LogP contribution in [0.2, 0.25) is 5.02 Å². The van der Waals surface area contributed by atoms with Crippen LogP contribution in [0.15, 0.2) is 69.8 Å². The number of aliphatic imine (C=N–C) groups is 1. The first-order valence-corrected chi connectivity index (χ1v) is 9.74. The number of azo groups is 1. The number of para-hydroxylation sites is 1. The molecule has 0 saturated heterocycles. The SMILES string of the molecule is CCCCC/N=N/C(C(=O)Nc1ccccc1)/C(N)=N/Cc1ccc(Cl)cc1. The molecule has 0 radical (unpaired) electrons. The first-order chi connectivity index (χ1) is 13.6. The van der Waals surface area contributed by atoms with Gasteiger partial charge < -0.3 is 11.1 Å². The molecular formula is C21H26ClN5O. The number of nitrogens with zero attached hydrogens (tertiary/aromatic N) is 3. The number of amidine groups is 1. The van der Waals surface area contributed by atoms with Crippen LogP contribution in [0.1, 0.15) is 31.7 Å². The Bertz CT molecular complexity index is 790. The van der Waals surface area contributed by atoms with Gasteiger partial charge in [0.05, 0.1) is 13.1 Å². The zero-order valence-corrected chi connectivity index (χ0v) is 16.8. The minimum absolute atomic E-state index is 0.127. The molecule has 148 valence electrons. The van der Waals surface area contributed by atoms with Gasteiger partial charge in [-0.05, 0) is 36.2 Å². The number of anilines is 1. The Labute approximate surface area is 170 Å². The van der Waals surface area contributed by atoms with E-state index in [0.717, 1.165) is 24.8 Å². The zero-order chi connectivity index (χ0) is 20.2. The van der Waals surface area contributed by atoms with Gasteiger partial charge in [-0.3, -0.25) is 9.79 Å². The maximum Gasteiger partial charge on any atom is 0.258 e. The Morgan fingerprint density at radius 1 is 1.11 bits per heavy atom. The molecule has 0 aliphatic rings. The molecule has 0 aliphatic carbocycles. The summed E-state index contributed by atoms with van der Waals surface area (Å²) in [5, 5.41) is 11.8. The number of amides is 1. The summed E-state index contributed by atoms with van der Waals surface area (Å²) in [5.41, 5.74) is 7.71. The van der Waals surface area contributed by atoms with Crippen LogP contribution < -0.4 is 11.1 Å². The Morgan fingerprint density at radius 3 is 2.50 bits per heavy atom. The highest BCUT2D eigenvalue weighted by Crippen LogP contribution is 2.11. The summed E-state index contributed by atoms with van der Waals surface area (Å²) < 4.78 is 0. The predicted molar refractivity (Wildman–Crippen MR) is 115 cm³/mol. The van der Waals surface area contributed by atoms with Crippen LogP contribution in [0.3, 0.4) is 0 Å². The van der Waals surface area contributed by atoms with Crippen molar-refractivity contribution in [3.63, 3.8) is 0 Å². The van der Waals surface area contributed by atoms with Crippen molar-refractivity contribution in [2.75, 3.05) is 11.9 Å². The van der Waals surface area contributed by atoms with Crippen LogP contribution >= 0.6 is 11.6 Å². The number of halogens is 1. The van der Waals surface area contributed by atoms with Gasteiger partial charge in [0.25, 0.3) is 5.91 Å². The van der Waals surface area contributed by atoms with Crippen molar-refractivity contribution >= 4 is 29.0 Å². The number of benzene rings is 2. The highest BCUT2D eigenvalue weighted by molar-refractivity contribution is 6.30. The van der Waals surface area contributed by atoms with Crippen molar-refractivity contribution in [1.29, 1.82) is 0 Å². The summed E-state index contributed by atoms with van der Waals surface area (Å²) in [4.78, 5) is 17.0. The number of hydrogen-bond acceptors (Lipinski definition) is 4. The van der Waals surface area contributed by atoms with E-state index in [-0.39, 0.29) is 11.7 Å². The summed E-state index contributed by atoms with van der Waals surface area (Å²) in [7, 11) is 0. The van der Waals surface area contributed by atoms with Gasteiger partial charge in [0, 0.05) is 10.7 Å². The van der Waals surface area contributed by atoms with Gasteiger partial charge in [-0.2, -0.15) is 10.2 Å². The average Bonchev–Trinajstić information content (AvgIpc) is 2.70. The Morgan fingerprint density at radius 2 is 1.82 bits per heavy atom. The highest BCUT2D eigenvalue weighted by Gasteiger charge is 2.22. The molecule has 2 rings (SSSR count). The molecule has 1 atom stereocenters. The van der Waals surface area contributed by atoms with Crippen molar-refractivity contribution in [3.8, 4) is 0 Å². The normalized spacial score (nSPS) is 12.9. The van der Waals surface area contributed by atoms with E-state index in [0.29, 0.717) is 23.8 Å². The topological polar surface area (TPSA) is 92.2 Å². The van der Waals surface area contributed by atoms with Crippen LogP contribution in [-0.2, 0) is 11.3 Å². The van der Waals surface area contributed by atoms with Crippen molar-refractivity contribution in [3.05, 3.63) is 65.2 Å². The fourth-order valence-electron chi connectivity index (χ4n) is 2.41. The van der Waals surface area contributed by atoms with Crippen LogP contribution in [0.4, 0.5) is 5.69 Å². The minimum atomic E-state index is -0.964.